The molecular formula is C16H27NO. The summed E-state index contributed by atoms with van der Waals surface area (Å²) in [4.78, 5) is 2.23. The summed E-state index contributed by atoms with van der Waals surface area (Å²) in [5.74, 6) is 1.07. The molecule has 102 valence electrons. The van der Waals surface area contributed by atoms with Crippen LogP contribution in [-0.4, -0.2) is 32.1 Å². The number of ether oxygens (including phenoxy) is 1. The van der Waals surface area contributed by atoms with E-state index in [0.29, 0.717) is 0 Å². The Hall–Kier alpha value is -1.02. The van der Waals surface area contributed by atoms with Gasteiger partial charge < -0.3 is 9.64 Å². The minimum atomic E-state index is 0.744. The lowest BCUT2D eigenvalue weighted by molar-refractivity contribution is 0.334. The molecule has 0 aliphatic rings. The first kappa shape index (κ1) is 15.0. The average molecular weight is 249 g/mol. The topological polar surface area (TPSA) is 12.5 Å². The summed E-state index contributed by atoms with van der Waals surface area (Å²) < 4.78 is 5.71. The third-order valence-corrected chi connectivity index (χ3v) is 3.01. The van der Waals surface area contributed by atoms with Crippen LogP contribution in [0.3, 0.4) is 0 Å². The van der Waals surface area contributed by atoms with E-state index in [1.807, 2.05) is 6.92 Å². The van der Waals surface area contributed by atoms with Gasteiger partial charge in [0, 0.05) is 0 Å². The maximum Gasteiger partial charge on any atom is 0.122 e. The summed E-state index contributed by atoms with van der Waals surface area (Å²) in [6, 6.07) is 6.66. The Morgan fingerprint density at radius 2 is 1.89 bits per heavy atom. The van der Waals surface area contributed by atoms with Crippen LogP contribution in [0, 0.1) is 0 Å². The van der Waals surface area contributed by atoms with Gasteiger partial charge in [-0.15, -0.1) is 0 Å². The van der Waals surface area contributed by atoms with Gasteiger partial charge in [-0.05, 0) is 64.0 Å². The third kappa shape index (κ3) is 5.09. The first-order chi connectivity index (χ1) is 8.67. The van der Waals surface area contributed by atoms with Gasteiger partial charge in [-0.25, -0.2) is 0 Å². The fourth-order valence-electron chi connectivity index (χ4n) is 2.15. The predicted molar refractivity (Wildman–Crippen MR) is 78.5 cm³/mol. The second-order valence-corrected chi connectivity index (χ2v) is 5.03. The van der Waals surface area contributed by atoms with Crippen molar-refractivity contribution in [2.45, 2.75) is 39.5 Å². The molecule has 0 radical (unpaired) electrons. The predicted octanol–water partition coefficient (Wildman–Crippen LogP) is 3.53. The van der Waals surface area contributed by atoms with Crippen LogP contribution in [0.25, 0.3) is 0 Å². The van der Waals surface area contributed by atoms with E-state index in [0.717, 1.165) is 31.7 Å². The Kier molecular flexibility index (Phi) is 6.81. The summed E-state index contributed by atoms with van der Waals surface area (Å²) in [6.45, 7) is 6.14. The van der Waals surface area contributed by atoms with Crippen molar-refractivity contribution in [3.8, 4) is 5.75 Å². The lowest BCUT2D eigenvalue weighted by Crippen LogP contribution is -2.13. The fraction of sp³-hybridized carbons (Fsp3) is 0.625. The fourth-order valence-corrected chi connectivity index (χ4v) is 2.15. The van der Waals surface area contributed by atoms with Crippen molar-refractivity contribution in [2.24, 2.45) is 0 Å². The van der Waals surface area contributed by atoms with Gasteiger partial charge in [-0.2, -0.15) is 0 Å². The van der Waals surface area contributed by atoms with E-state index >= 15 is 0 Å². The zero-order valence-electron chi connectivity index (χ0n) is 12.3. The zero-order chi connectivity index (χ0) is 13.4. The van der Waals surface area contributed by atoms with E-state index < -0.39 is 0 Å². The summed E-state index contributed by atoms with van der Waals surface area (Å²) >= 11 is 0. The number of rotatable bonds is 8. The van der Waals surface area contributed by atoms with Crippen LogP contribution in [0.2, 0.25) is 0 Å². The SMILES string of the molecule is CCCc1ccc(OCC)c(CCCN(C)C)c1. The Morgan fingerprint density at radius 1 is 1.11 bits per heavy atom. The first-order valence-electron chi connectivity index (χ1n) is 7.06. The number of hydrogen-bond acceptors (Lipinski definition) is 2. The summed E-state index contributed by atoms with van der Waals surface area (Å²) in [6.07, 6.45) is 4.64. The monoisotopic (exact) mass is 249 g/mol. The molecule has 0 spiro atoms. The van der Waals surface area contributed by atoms with Gasteiger partial charge in [-0.3, -0.25) is 0 Å². The van der Waals surface area contributed by atoms with Crippen molar-refractivity contribution in [1.82, 2.24) is 4.90 Å². The van der Waals surface area contributed by atoms with Crippen LogP contribution in [0.5, 0.6) is 5.75 Å². The lowest BCUT2D eigenvalue weighted by atomic mass is 10.0. The van der Waals surface area contributed by atoms with Crippen molar-refractivity contribution in [2.75, 3.05) is 27.2 Å². The van der Waals surface area contributed by atoms with Gasteiger partial charge >= 0.3 is 0 Å². The number of hydrogen-bond donors (Lipinski definition) is 0. The summed E-state index contributed by atoms with van der Waals surface area (Å²) in [5, 5.41) is 0. The molecule has 1 aromatic rings. The van der Waals surface area contributed by atoms with E-state index in [-0.39, 0.29) is 0 Å². The molecule has 0 heterocycles. The minimum Gasteiger partial charge on any atom is -0.494 e. The first-order valence-corrected chi connectivity index (χ1v) is 7.06. The van der Waals surface area contributed by atoms with Crippen LogP contribution < -0.4 is 4.74 Å². The zero-order valence-corrected chi connectivity index (χ0v) is 12.3. The quantitative estimate of drug-likeness (QED) is 0.699. The summed E-state index contributed by atoms with van der Waals surface area (Å²) in [7, 11) is 4.24. The molecule has 0 unspecified atom stereocenters. The number of aryl methyl sites for hydroxylation is 2. The van der Waals surface area contributed by atoms with E-state index in [1.165, 1.54) is 24.0 Å². The second-order valence-electron chi connectivity index (χ2n) is 5.03. The van der Waals surface area contributed by atoms with Crippen molar-refractivity contribution < 1.29 is 4.74 Å². The minimum absolute atomic E-state index is 0.744. The molecule has 0 saturated carbocycles. The molecule has 0 amide bonds. The molecular weight excluding hydrogens is 222 g/mol. The van der Waals surface area contributed by atoms with E-state index in [9.17, 15) is 0 Å². The standard InChI is InChI=1S/C16H27NO/c1-5-8-14-10-11-16(18-6-2)15(13-14)9-7-12-17(3)4/h10-11,13H,5-9,12H2,1-4H3. The van der Waals surface area contributed by atoms with Crippen LogP contribution in [0.15, 0.2) is 18.2 Å². The van der Waals surface area contributed by atoms with Crippen molar-refractivity contribution in [1.29, 1.82) is 0 Å². The van der Waals surface area contributed by atoms with E-state index in [4.69, 9.17) is 4.74 Å². The molecule has 0 saturated heterocycles. The molecule has 0 aliphatic heterocycles. The number of nitrogens with zero attached hydrogens (tertiary/aromatic N) is 1. The van der Waals surface area contributed by atoms with Crippen LogP contribution in [0.4, 0.5) is 0 Å². The highest BCUT2D eigenvalue weighted by molar-refractivity contribution is 5.37. The van der Waals surface area contributed by atoms with Crippen LogP contribution in [-0.2, 0) is 12.8 Å². The van der Waals surface area contributed by atoms with Crippen LogP contribution in [0.1, 0.15) is 37.8 Å². The lowest BCUT2D eigenvalue weighted by Gasteiger charge is -2.14. The van der Waals surface area contributed by atoms with Gasteiger partial charge in [0.25, 0.3) is 0 Å². The molecule has 0 atom stereocenters. The Labute approximate surface area is 112 Å². The van der Waals surface area contributed by atoms with Crippen molar-refractivity contribution >= 4 is 0 Å². The van der Waals surface area contributed by atoms with E-state index in [1.54, 1.807) is 0 Å². The molecule has 1 aromatic carbocycles. The van der Waals surface area contributed by atoms with Gasteiger partial charge in [0.1, 0.15) is 5.75 Å². The van der Waals surface area contributed by atoms with E-state index in [2.05, 4.69) is 44.1 Å². The molecule has 0 bridgehead atoms. The smallest absolute Gasteiger partial charge is 0.122 e. The average Bonchev–Trinajstić information content (AvgIpc) is 2.32. The van der Waals surface area contributed by atoms with Gasteiger partial charge in [0.15, 0.2) is 0 Å². The molecule has 18 heavy (non-hydrogen) atoms. The molecule has 2 nitrogen and oxygen atoms in total. The second kappa shape index (κ2) is 8.15. The van der Waals surface area contributed by atoms with Crippen molar-refractivity contribution in [3.63, 3.8) is 0 Å². The number of benzene rings is 1. The normalized spacial score (nSPS) is 10.9. The maximum absolute atomic E-state index is 5.71. The molecule has 0 fully saturated rings. The molecule has 1 rings (SSSR count). The van der Waals surface area contributed by atoms with Crippen molar-refractivity contribution in [3.05, 3.63) is 29.3 Å². The molecule has 0 aromatic heterocycles. The Bertz CT molecular complexity index is 347. The maximum atomic E-state index is 5.71. The van der Waals surface area contributed by atoms with Gasteiger partial charge in [0.05, 0.1) is 6.61 Å². The highest BCUT2D eigenvalue weighted by Crippen LogP contribution is 2.22. The van der Waals surface area contributed by atoms with Gasteiger partial charge in [-0.1, -0.05) is 25.5 Å². The Balaban J connectivity index is 2.72. The molecule has 0 aliphatic carbocycles. The molecule has 0 N–H and O–H groups in total. The van der Waals surface area contributed by atoms with Gasteiger partial charge in [0.2, 0.25) is 0 Å². The highest BCUT2D eigenvalue weighted by atomic mass is 16.5. The highest BCUT2D eigenvalue weighted by Gasteiger charge is 2.05. The third-order valence-electron chi connectivity index (χ3n) is 3.01. The largest absolute Gasteiger partial charge is 0.494 e. The summed E-state index contributed by atoms with van der Waals surface area (Å²) in [5.41, 5.74) is 2.80. The molecule has 2 heteroatoms. The van der Waals surface area contributed by atoms with Crippen LogP contribution >= 0.6 is 0 Å². The Morgan fingerprint density at radius 3 is 2.50 bits per heavy atom.